The Morgan fingerprint density at radius 1 is 0.653 bits per heavy atom. The van der Waals surface area contributed by atoms with E-state index in [1.54, 1.807) is 13.2 Å². The van der Waals surface area contributed by atoms with Crippen molar-refractivity contribution in [3.05, 3.63) is 101 Å². The van der Waals surface area contributed by atoms with E-state index in [0.717, 1.165) is 80.1 Å². The molecule has 2 aliphatic rings. The quantitative estimate of drug-likeness (QED) is 0.150. The number of methoxy groups -OCH3 is 1. The smallest absolute Gasteiger partial charge is 0.227 e. The molecule has 2 fully saturated rings. The van der Waals surface area contributed by atoms with E-state index in [0.29, 0.717) is 33.6 Å². The maximum Gasteiger partial charge on any atom is 0.227 e. The number of ether oxygens (including phenoxy) is 1. The van der Waals surface area contributed by atoms with Crippen molar-refractivity contribution in [1.82, 2.24) is 19.9 Å². The monoisotopic (exact) mass is 699 g/mol. The number of piperidine rings is 2. The van der Waals surface area contributed by atoms with Crippen LogP contribution in [0.25, 0.3) is 22.5 Å². The Bertz CT molecular complexity index is 1820. The number of nitrogens with one attached hydrogen (secondary N) is 1. The largest absolute Gasteiger partial charge is 0.495 e. The summed E-state index contributed by atoms with van der Waals surface area (Å²) >= 11 is 12.4. The minimum absolute atomic E-state index is 0.209. The lowest BCUT2D eigenvalue weighted by molar-refractivity contribution is 0.144. The van der Waals surface area contributed by atoms with E-state index in [1.807, 2.05) is 84.9 Å². The number of aliphatic hydroxyl groups excluding tert-OH is 2. The van der Waals surface area contributed by atoms with Crippen LogP contribution < -0.4 is 19.9 Å². The number of rotatable bonds is 7. The van der Waals surface area contributed by atoms with Gasteiger partial charge in [0.25, 0.3) is 0 Å². The first-order valence-electron chi connectivity index (χ1n) is 16.4. The Morgan fingerprint density at radius 3 is 1.67 bits per heavy atom. The molecule has 0 unspecified atom stereocenters. The molecule has 5 aromatic rings. The van der Waals surface area contributed by atoms with Gasteiger partial charge in [0.05, 0.1) is 35.7 Å². The van der Waals surface area contributed by atoms with Crippen LogP contribution in [-0.2, 0) is 0 Å². The molecule has 0 aliphatic carbocycles. The topological polar surface area (TPSA) is 120 Å². The van der Waals surface area contributed by atoms with Crippen LogP contribution in [0.15, 0.2) is 91.0 Å². The number of anilines is 4. The normalized spacial score (nSPS) is 15.4. The fourth-order valence-electron chi connectivity index (χ4n) is 5.72. The highest BCUT2D eigenvalue weighted by Gasteiger charge is 2.22. The van der Waals surface area contributed by atoms with Gasteiger partial charge in [-0.25, -0.2) is 15.0 Å². The summed E-state index contributed by atoms with van der Waals surface area (Å²) in [6.45, 7) is 2.98. The van der Waals surface area contributed by atoms with Crippen LogP contribution in [0, 0.1) is 0 Å². The molecule has 2 aliphatic heterocycles. The molecule has 3 N–H and O–H groups in total. The van der Waals surface area contributed by atoms with Crippen molar-refractivity contribution in [3.63, 3.8) is 0 Å². The van der Waals surface area contributed by atoms with Gasteiger partial charge in [-0.1, -0.05) is 83.9 Å². The van der Waals surface area contributed by atoms with Crippen LogP contribution in [0.1, 0.15) is 25.7 Å². The first kappa shape index (κ1) is 34.4. The van der Waals surface area contributed by atoms with Crippen LogP contribution in [-0.4, -0.2) is 75.6 Å². The van der Waals surface area contributed by atoms with Gasteiger partial charge in [-0.05, 0) is 43.9 Å². The van der Waals surface area contributed by atoms with E-state index in [4.69, 9.17) is 37.9 Å². The maximum absolute atomic E-state index is 9.82. The predicted molar refractivity (Wildman–Crippen MR) is 196 cm³/mol. The van der Waals surface area contributed by atoms with Gasteiger partial charge >= 0.3 is 0 Å². The van der Waals surface area contributed by atoms with Crippen molar-refractivity contribution >= 4 is 46.6 Å². The number of hydrogen-bond donors (Lipinski definition) is 3. The number of hydrogen-bond acceptors (Lipinski definition) is 10. The molecule has 0 spiro atoms. The average Bonchev–Trinajstić information content (AvgIpc) is 3.13. The van der Waals surface area contributed by atoms with Gasteiger partial charge in [0.2, 0.25) is 11.9 Å². The Balaban J connectivity index is 0.000000182. The molecule has 7 rings (SSSR count). The van der Waals surface area contributed by atoms with Crippen LogP contribution in [0.2, 0.25) is 10.2 Å². The molecule has 10 nitrogen and oxygen atoms in total. The van der Waals surface area contributed by atoms with Crippen LogP contribution in [0.5, 0.6) is 5.75 Å². The lowest BCUT2D eigenvalue weighted by Gasteiger charge is -2.30. The fourth-order valence-corrected chi connectivity index (χ4v) is 6.16. The number of aromatic nitrogens is 4. The first-order chi connectivity index (χ1) is 23.8. The molecule has 0 bridgehead atoms. The van der Waals surface area contributed by atoms with E-state index in [-0.39, 0.29) is 12.2 Å². The molecule has 0 radical (unpaired) electrons. The number of nitrogens with zero attached hydrogens (tertiary/aromatic N) is 6. The van der Waals surface area contributed by atoms with Crippen molar-refractivity contribution in [2.24, 2.45) is 0 Å². The number of halogens is 2. The standard InChI is InChI=1S/C22H23ClN4O2.C15H16ClN3O/c1-29-20-8-7-16(13-18(20)23)24-21-14-19(15-5-3-2-4-6-15)25-22(26-21)27-11-9-17(28)10-12-27;16-14-10-13(11-4-2-1-3-5-11)17-15(18-14)19-8-6-12(20)7-9-19/h2-8,13-14,17,28H,9-12H2,1H3,(H,24,25,26);1-5,10,12,20H,6-9H2. The summed E-state index contributed by atoms with van der Waals surface area (Å²) < 4.78 is 5.22. The second-order valence-corrected chi connectivity index (χ2v) is 12.8. The third-order valence-corrected chi connectivity index (χ3v) is 8.94. The van der Waals surface area contributed by atoms with Crippen LogP contribution in [0.3, 0.4) is 0 Å². The highest BCUT2D eigenvalue weighted by atomic mass is 35.5. The van der Waals surface area contributed by atoms with Gasteiger partial charge in [-0.15, -0.1) is 0 Å². The molecule has 12 heteroatoms. The Labute approximate surface area is 296 Å². The summed E-state index contributed by atoms with van der Waals surface area (Å²) in [7, 11) is 1.59. The van der Waals surface area contributed by atoms with Gasteiger partial charge in [0, 0.05) is 55.1 Å². The average molecular weight is 701 g/mol. The van der Waals surface area contributed by atoms with Crippen molar-refractivity contribution in [3.8, 4) is 28.3 Å². The van der Waals surface area contributed by atoms with Gasteiger partial charge in [-0.3, -0.25) is 0 Å². The zero-order valence-corrected chi connectivity index (χ0v) is 28.7. The van der Waals surface area contributed by atoms with E-state index in [1.165, 1.54) is 0 Å². The van der Waals surface area contributed by atoms with Crippen molar-refractivity contribution in [2.45, 2.75) is 37.9 Å². The Kier molecular flexibility index (Phi) is 11.4. The molecule has 3 aromatic carbocycles. The lowest BCUT2D eigenvalue weighted by atomic mass is 10.1. The summed E-state index contributed by atoms with van der Waals surface area (Å²) in [5.74, 6) is 2.60. The van der Waals surface area contributed by atoms with Gasteiger partial charge in [0.15, 0.2) is 0 Å². The Hall–Kier alpha value is -4.48. The molecule has 254 valence electrons. The summed E-state index contributed by atoms with van der Waals surface area (Å²) in [4.78, 5) is 22.6. The van der Waals surface area contributed by atoms with Gasteiger partial charge in [-0.2, -0.15) is 4.98 Å². The maximum atomic E-state index is 9.82. The van der Waals surface area contributed by atoms with E-state index in [2.05, 4.69) is 25.1 Å². The molecule has 2 saturated heterocycles. The van der Waals surface area contributed by atoms with Crippen molar-refractivity contribution in [2.75, 3.05) is 48.4 Å². The summed E-state index contributed by atoms with van der Waals surface area (Å²) in [5, 5.41) is 23.7. The predicted octanol–water partition coefficient (Wildman–Crippen LogP) is 7.27. The fraction of sp³-hybridized carbons (Fsp3) is 0.297. The lowest BCUT2D eigenvalue weighted by Crippen LogP contribution is -2.37. The number of aliphatic hydroxyl groups is 2. The summed E-state index contributed by atoms with van der Waals surface area (Å²) in [6, 6.07) is 29.2. The molecule has 49 heavy (non-hydrogen) atoms. The minimum Gasteiger partial charge on any atom is -0.495 e. The molecular weight excluding hydrogens is 661 g/mol. The minimum atomic E-state index is -0.248. The molecular formula is C37H39Cl2N7O3. The van der Waals surface area contributed by atoms with Crippen molar-refractivity contribution < 1.29 is 14.9 Å². The zero-order valence-electron chi connectivity index (χ0n) is 27.2. The summed E-state index contributed by atoms with van der Waals surface area (Å²) in [5.41, 5.74) is 4.52. The third kappa shape index (κ3) is 9.16. The molecule has 0 saturated carbocycles. The highest BCUT2D eigenvalue weighted by Crippen LogP contribution is 2.31. The molecule has 0 atom stereocenters. The Morgan fingerprint density at radius 2 is 1.16 bits per heavy atom. The van der Waals surface area contributed by atoms with Crippen molar-refractivity contribution in [1.29, 1.82) is 0 Å². The highest BCUT2D eigenvalue weighted by molar-refractivity contribution is 6.32. The zero-order chi connectivity index (χ0) is 34.2. The number of benzene rings is 3. The van der Waals surface area contributed by atoms with E-state index in [9.17, 15) is 10.2 Å². The first-order valence-corrected chi connectivity index (χ1v) is 17.1. The van der Waals surface area contributed by atoms with E-state index >= 15 is 0 Å². The molecule has 4 heterocycles. The van der Waals surface area contributed by atoms with Gasteiger partial charge < -0.3 is 30.1 Å². The molecule has 2 aromatic heterocycles. The van der Waals surface area contributed by atoms with Crippen LogP contribution in [0.4, 0.5) is 23.4 Å². The summed E-state index contributed by atoms with van der Waals surface area (Å²) in [6.07, 6.45) is 2.47. The van der Waals surface area contributed by atoms with Gasteiger partial charge in [0.1, 0.15) is 16.7 Å². The second kappa shape index (κ2) is 16.3. The molecule has 0 amide bonds. The van der Waals surface area contributed by atoms with E-state index < -0.39 is 0 Å². The SMILES string of the molecule is COc1ccc(Nc2cc(-c3ccccc3)nc(N3CCC(O)CC3)n2)cc1Cl.OC1CCN(c2nc(Cl)cc(-c3ccccc3)n2)CC1. The van der Waals surface area contributed by atoms with Crippen LogP contribution >= 0.6 is 23.2 Å². The third-order valence-electron chi connectivity index (χ3n) is 8.46. The second-order valence-electron chi connectivity index (χ2n) is 12.0.